The van der Waals surface area contributed by atoms with Gasteiger partial charge in [-0.1, -0.05) is 12.1 Å². The number of amides is 1. The topological polar surface area (TPSA) is 132 Å². The first-order valence-electron chi connectivity index (χ1n) is 13.1. The third kappa shape index (κ3) is 5.27. The number of ether oxygens (including phenoxy) is 1. The third-order valence-corrected chi connectivity index (χ3v) is 6.58. The Bertz CT molecular complexity index is 1680. The molecule has 2 aromatic carbocycles. The van der Waals surface area contributed by atoms with Crippen LogP contribution in [0.3, 0.4) is 0 Å². The van der Waals surface area contributed by atoms with Crippen LogP contribution in [0.4, 0.5) is 16.4 Å². The Hall–Kier alpha value is -4.67. The zero-order valence-corrected chi connectivity index (χ0v) is 23.1. The Balaban J connectivity index is 1.49. The molecule has 2 N–H and O–H groups in total. The molecule has 1 amide bonds. The summed E-state index contributed by atoms with van der Waals surface area (Å²) in [6, 6.07) is 12.1. The van der Waals surface area contributed by atoms with E-state index in [4.69, 9.17) is 4.74 Å². The molecular weight excluding hydrogens is 512 g/mol. The van der Waals surface area contributed by atoms with Gasteiger partial charge < -0.3 is 20.1 Å². The van der Waals surface area contributed by atoms with E-state index in [1.54, 1.807) is 21.7 Å². The molecule has 11 heteroatoms. The quantitative estimate of drug-likeness (QED) is 0.363. The SMILES string of the molecule is CC(C)n1c(=O)c2cnc(Nc3ccc4c(c3)CN(C(=O)OC(C)(C)C)CC4)nc2n1-c1cccc(C(=O)O)c1. The van der Waals surface area contributed by atoms with Crippen LogP contribution in [-0.4, -0.2) is 53.5 Å². The van der Waals surface area contributed by atoms with E-state index in [9.17, 15) is 19.5 Å². The summed E-state index contributed by atoms with van der Waals surface area (Å²) in [5.74, 6) is -0.789. The molecule has 208 valence electrons. The number of anilines is 2. The van der Waals surface area contributed by atoms with Crippen molar-refractivity contribution >= 4 is 34.7 Å². The van der Waals surface area contributed by atoms with Gasteiger partial charge in [-0.15, -0.1) is 0 Å². The van der Waals surface area contributed by atoms with Gasteiger partial charge in [0.05, 0.1) is 11.3 Å². The predicted octanol–water partition coefficient (Wildman–Crippen LogP) is 4.90. The molecule has 2 aromatic heterocycles. The molecule has 0 fully saturated rings. The van der Waals surface area contributed by atoms with Crippen molar-refractivity contribution in [2.24, 2.45) is 0 Å². The van der Waals surface area contributed by atoms with Gasteiger partial charge in [0, 0.05) is 31.0 Å². The number of benzene rings is 2. The van der Waals surface area contributed by atoms with Crippen LogP contribution in [0.1, 0.15) is 62.1 Å². The highest BCUT2D eigenvalue weighted by Crippen LogP contribution is 2.26. The first-order valence-corrected chi connectivity index (χ1v) is 13.1. The number of aromatic carboxylic acids is 1. The molecule has 3 heterocycles. The number of carboxylic acids is 1. The molecule has 0 saturated heterocycles. The normalized spacial score (nSPS) is 13.4. The number of rotatable bonds is 5. The Kier molecular flexibility index (Phi) is 6.82. The second-order valence-electron chi connectivity index (χ2n) is 11.1. The maximum absolute atomic E-state index is 13.3. The molecule has 0 unspecified atom stereocenters. The standard InChI is InChI=1S/C29H32N6O5/c1-17(2)34-25(36)23-15-30-27(32-24(23)35(34)22-8-6-7-19(14-22)26(37)38)31-21-10-9-18-11-12-33(16-20(18)13-21)28(39)40-29(3,4)5/h6-10,13-15,17H,11-12,16H2,1-5H3,(H,37,38)(H,30,31,32). The molecule has 0 saturated carbocycles. The lowest BCUT2D eigenvalue weighted by Gasteiger charge is -2.31. The van der Waals surface area contributed by atoms with Gasteiger partial charge >= 0.3 is 12.1 Å². The number of hydrogen-bond acceptors (Lipinski definition) is 7. The fourth-order valence-corrected chi connectivity index (χ4v) is 4.79. The number of carbonyl (C=O) groups is 2. The van der Waals surface area contributed by atoms with Crippen molar-refractivity contribution in [2.45, 2.75) is 59.2 Å². The van der Waals surface area contributed by atoms with Gasteiger partial charge in [-0.2, -0.15) is 4.98 Å². The Labute approximate surface area is 231 Å². The number of carboxylic acid groups (broad SMARTS) is 1. The molecule has 40 heavy (non-hydrogen) atoms. The lowest BCUT2D eigenvalue weighted by molar-refractivity contribution is 0.0224. The van der Waals surface area contributed by atoms with Crippen LogP contribution >= 0.6 is 0 Å². The molecule has 0 aliphatic carbocycles. The van der Waals surface area contributed by atoms with E-state index < -0.39 is 11.6 Å². The molecule has 5 rings (SSSR count). The molecule has 11 nitrogen and oxygen atoms in total. The fraction of sp³-hybridized carbons (Fsp3) is 0.345. The van der Waals surface area contributed by atoms with Crippen LogP contribution in [0.25, 0.3) is 16.7 Å². The van der Waals surface area contributed by atoms with Gasteiger partial charge in [-0.3, -0.25) is 4.79 Å². The highest BCUT2D eigenvalue weighted by atomic mass is 16.6. The summed E-state index contributed by atoms with van der Waals surface area (Å²) in [5, 5.41) is 13.0. The van der Waals surface area contributed by atoms with Crippen molar-refractivity contribution in [3.63, 3.8) is 0 Å². The Morgan fingerprint density at radius 2 is 1.88 bits per heavy atom. The van der Waals surface area contributed by atoms with Crippen molar-refractivity contribution in [1.29, 1.82) is 0 Å². The second kappa shape index (κ2) is 10.1. The molecule has 0 atom stereocenters. The van der Waals surface area contributed by atoms with Gasteiger partial charge in [0.2, 0.25) is 5.95 Å². The predicted molar refractivity (Wildman–Crippen MR) is 151 cm³/mol. The summed E-state index contributed by atoms with van der Waals surface area (Å²) in [6.45, 7) is 10.3. The average Bonchev–Trinajstić information content (AvgIpc) is 3.19. The highest BCUT2D eigenvalue weighted by Gasteiger charge is 2.26. The summed E-state index contributed by atoms with van der Waals surface area (Å²) in [6.07, 6.45) is 1.86. The number of fused-ring (bicyclic) bond motifs is 2. The van der Waals surface area contributed by atoms with Crippen LogP contribution in [0.15, 0.2) is 53.5 Å². The number of aromatic nitrogens is 4. The summed E-state index contributed by atoms with van der Waals surface area (Å²) in [7, 11) is 0. The third-order valence-electron chi connectivity index (χ3n) is 6.58. The van der Waals surface area contributed by atoms with Crippen LogP contribution in [0, 0.1) is 0 Å². The van der Waals surface area contributed by atoms with Crippen molar-refractivity contribution in [2.75, 3.05) is 11.9 Å². The molecule has 1 aliphatic heterocycles. The maximum Gasteiger partial charge on any atom is 0.410 e. The fourth-order valence-electron chi connectivity index (χ4n) is 4.79. The summed E-state index contributed by atoms with van der Waals surface area (Å²) < 4.78 is 8.71. The van der Waals surface area contributed by atoms with Crippen molar-refractivity contribution in [1.82, 2.24) is 24.2 Å². The first-order chi connectivity index (χ1) is 18.9. The summed E-state index contributed by atoms with van der Waals surface area (Å²) in [4.78, 5) is 48.2. The van der Waals surface area contributed by atoms with Gasteiger partial charge in [-0.25, -0.2) is 23.9 Å². The average molecular weight is 545 g/mol. The van der Waals surface area contributed by atoms with Crippen LogP contribution < -0.4 is 10.9 Å². The zero-order valence-electron chi connectivity index (χ0n) is 23.1. The highest BCUT2D eigenvalue weighted by molar-refractivity contribution is 5.88. The van der Waals surface area contributed by atoms with Gasteiger partial charge in [0.1, 0.15) is 11.0 Å². The van der Waals surface area contributed by atoms with E-state index in [0.29, 0.717) is 29.8 Å². The van der Waals surface area contributed by atoms with E-state index in [0.717, 1.165) is 23.2 Å². The Morgan fingerprint density at radius 3 is 2.58 bits per heavy atom. The van der Waals surface area contributed by atoms with Gasteiger partial charge in [-0.05, 0) is 82.5 Å². The van der Waals surface area contributed by atoms with Crippen molar-refractivity contribution in [3.8, 4) is 5.69 Å². The lowest BCUT2D eigenvalue weighted by Crippen LogP contribution is -2.39. The van der Waals surface area contributed by atoms with E-state index in [2.05, 4.69) is 15.3 Å². The van der Waals surface area contributed by atoms with Crippen LogP contribution in [-0.2, 0) is 17.7 Å². The molecule has 0 spiro atoms. The monoisotopic (exact) mass is 544 g/mol. The maximum atomic E-state index is 13.3. The number of carbonyl (C=O) groups excluding carboxylic acids is 1. The van der Waals surface area contributed by atoms with E-state index in [1.165, 1.54) is 23.0 Å². The molecule has 0 radical (unpaired) electrons. The second-order valence-corrected chi connectivity index (χ2v) is 11.1. The number of nitrogens with zero attached hydrogens (tertiary/aromatic N) is 5. The number of hydrogen-bond donors (Lipinski definition) is 2. The molecule has 1 aliphatic rings. The summed E-state index contributed by atoms with van der Waals surface area (Å²) in [5.41, 5.74) is 3.00. The smallest absolute Gasteiger partial charge is 0.410 e. The van der Waals surface area contributed by atoms with Crippen LogP contribution in [0.5, 0.6) is 0 Å². The minimum Gasteiger partial charge on any atom is -0.478 e. The van der Waals surface area contributed by atoms with E-state index >= 15 is 0 Å². The summed E-state index contributed by atoms with van der Waals surface area (Å²) >= 11 is 0. The Morgan fingerprint density at radius 1 is 1.10 bits per heavy atom. The lowest BCUT2D eigenvalue weighted by atomic mass is 9.99. The molecular formula is C29H32N6O5. The number of nitrogens with one attached hydrogen (secondary N) is 1. The van der Waals surface area contributed by atoms with Crippen molar-refractivity contribution in [3.05, 3.63) is 75.7 Å². The first kappa shape index (κ1) is 26.9. The van der Waals surface area contributed by atoms with Crippen LogP contribution in [0.2, 0.25) is 0 Å². The minimum absolute atomic E-state index is 0.101. The largest absolute Gasteiger partial charge is 0.478 e. The zero-order chi connectivity index (χ0) is 28.8. The molecule has 0 bridgehead atoms. The molecule has 4 aromatic rings. The van der Waals surface area contributed by atoms with Gasteiger partial charge in [0.25, 0.3) is 5.56 Å². The minimum atomic E-state index is -1.06. The van der Waals surface area contributed by atoms with E-state index in [-0.39, 0.29) is 29.2 Å². The van der Waals surface area contributed by atoms with Crippen molar-refractivity contribution < 1.29 is 19.4 Å². The van der Waals surface area contributed by atoms with Gasteiger partial charge in [0.15, 0.2) is 5.65 Å². The van der Waals surface area contributed by atoms with E-state index in [1.807, 2.05) is 52.8 Å².